The van der Waals surface area contributed by atoms with E-state index < -0.39 is 0 Å². The first kappa shape index (κ1) is 18.0. The van der Waals surface area contributed by atoms with Crippen LogP contribution in [-0.2, 0) is 21.1 Å². The smallest absolute Gasteiger partial charge is 0.0443 e. The molecule has 2 heteroatoms. The summed E-state index contributed by atoms with van der Waals surface area (Å²) in [6.45, 7) is 8.44. The molecule has 0 N–H and O–H groups in total. The van der Waals surface area contributed by atoms with Crippen molar-refractivity contribution in [2.45, 2.75) is 33.7 Å². The Morgan fingerprint density at radius 2 is 1.58 bits per heavy atom. The standard InChI is InChI=1S/C9H17N.CH3.W/c1-8(2)6-5-7-10-9(3)4;;/h5-9H,1-4H3;1H3;/q;-1;/b6-5-,10-7?;;. The Kier molecular flexibility index (Phi) is 16.6. The molecule has 0 aliphatic heterocycles. The Balaban J connectivity index is -0.000000405. The minimum Gasteiger partial charge on any atom is -0.358 e. The minimum absolute atomic E-state index is 0. The molecular weight excluding hydrogens is 318 g/mol. The van der Waals surface area contributed by atoms with Crippen molar-refractivity contribution in [3.63, 3.8) is 0 Å². The first-order chi connectivity index (χ1) is 4.63. The summed E-state index contributed by atoms with van der Waals surface area (Å²) >= 11 is 0. The van der Waals surface area contributed by atoms with Crippen LogP contribution in [0.25, 0.3) is 0 Å². The average molecular weight is 338 g/mol. The Morgan fingerprint density at radius 1 is 1.08 bits per heavy atom. The fraction of sp³-hybridized carbons (Fsp3) is 0.600. The SMILES string of the molecule is CC(C)/C=C\C=NC(C)C.[CH3-].[W]. The number of nitrogens with zero attached hydrogens (tertiary/aromatic N) is 1. The third-order valence-corrected chi connectivity index (χ3v) is 0.966. The van der Waals surface area contributed by atoms with Crippen molar-refractivity contribution in [1.29, 1.82) is 0 Å². The van der Waals surface area contributed by atoms with E-state index in [-0.39, 0.29) is 28.5 Å². The summed E-state index contributed by atoms with van der Waals surface area (Å²) in [5.74, 6) is 0.624. The Hall–Kier alpha value is 0.0983. The van der Waals surface area contributed by atoms with Gasteiger partial charge in [-0.05, 0) is 25.8 Å². The second kappa shape index (κ2) is 11.1. The normalized spacial score (nSPS) is 10.8. The molecule has 0 bridgehead atoms. The molecule has 0 rings (SSSR count). The molecule has 0 atom stereocenters. The summed E-state index contributed by atoms with van der Waals surface area (Å²) in [5.41, 5.74) is 0. The molecule has 0 amide bonds. The first-order valence-electron chi connectivity index (χ1n) is 3.83. The predicted molar refractivity (Wildman–Crippen MR) is 54.0 cm³/mol. The second-order valence-electron chi connectivity index (χ2n) is 3.02. The van der Waals surface area contributed by atoms with E-state index in [4.69, 9.17) is 0 Å². The average Bonchev–Trinajstić information content (AvgIpc) is 1.79. The van der Waals surface area contributed by atoms with E-state index in [1.54, 1.807) is 0 Å². The topological polar surface area (TPSA) is 12.4 Å². The van der Waals surface area contributed by atoms with Gasteiger partial charge in [-0.1, -0.05) is 19.9 Å². The van der Waals surface area contributed by atoms with Gasteiger partial charge in [0.2, 0.25) is 0 Å². The van der Waals surface area contributed by atoms with E-state index >= 15 is 0 Å². The van der Waals surface area contributed by atoms with Gasteiger partial charge in [0.25, 0.3) is 0 Å². The van der Waals surface area contributed by atoms with Gasteiger partial charge in [-0.25, -0.2) is 0 Å². The van der Waals surface area contributed by atoms with Crippen molar-refractivity contribution in [3.05, 3.63) is 19.6 Å². The van der Waals surface area contributed by atoms with Crippen LogP contribution in [0.4, 0.5) is 0 Å². The van der Waals surface area contributed by atoms with E-state index in [0.29, 0.717) is 12.0 Å². The Bertz CT molecular complexity index is 110. The van der Waals surface area contributed by atoms with Crippen molar-refractivity contribution in [1.82, 2.24) is 0 Å². The third-order valence-electron chi connectivity index (χ3n) is 0.966. The van der Waals surface area contributed by atoms with Crippen LogP contribution in [0.2, 0.25) is 0 Å². The molecule has 0 aromatic carbocycles. The zero-order chi connectivity index (χ0) is 7.98. The summed E-state index contributed by atoms with van der Waals surface area (Å²) in [6.07, 6.45) is 6.00. The van der Waals surface area contributed by atoms with Crippen LogP contribution in [0.15, 0.2) is 17.1 Å². The van der Waals surface area contributed by atoms with E-state index in [1.165, 1.54) is 0 Å². The molecular formula is C10H20NW-. The molecule has 0 saturated heterocycles. The quantitative estimate of drug-likeness (QED) is 0.554. The van der Waals surface area contributed by atoms with Crippen LogP contribution in [-0.4, -0.2) is 12.3 Å². The summed E-state index contributed by atoms with van der Waals surface area (Å²) in [5, 5.41) is 0. The van der Waals surface area contributed by atoms with Gasteiger partial charge >= 0.3 is 0 Å². The van der Waals surface area contributed by atoms with Crippen LogP contribution < -0.4 is 0 Å². The van der Waals surface area contributed by atoms with Gasteiger partial charge < -0.3 is 7.43 Å². The van der Waals surface area contributed by atoms with Crippen LogP contribution in [0.5, 0.6) is 0 Å². The largest absolute Gasteiger partial charge is 0.358 e. The zero-order valence-electron chi connectivity index (χ0n) is 8.74. The van der Waals surface area contributed by atoms with E-state index in [9.17, 15) is 0 Å². The predicted octanol–water partition coefficient (Wildman–Crippen LogP) is 3.13. The fourth-order valence-electron chi connectivity index (χ4n) is 0.494. The molecule has 0 aliphatic rings. The maximum Gasteiger partial charge on any atom is 0.0443 e. The van der Waals surface area contributed by atoms with Crippen LogP contribution in [0, 0.1) is 13.3 Å². The van der Waals surface area contributed by atoms with Crippen molar-refractivity contribution in [2.75, 3.05) is 0 Å². The van der Waals surface area contributed by atoms with Gasteiger partial charge in [0, 0.05) is 33.3 Å². The molecule has 0 unspecified atom stereocenters. The van der Waals surface area contributed by atoms with Gasteiger partial charge in [0.05, 0.1) is 0 Å². The van der Waals surface area contributed by atoms with E-state index in [1.807, 2.05) is 12.3 Å². The summed E-state index contributed by atoms with van der Waals surface area (Å²) in [4.78, 5) is 4.18. The minimum atomic E-state index is 0. The molecule has 0 aromatic rings. The first-order valence-corrected chi connectivity index (χ1v) is 3.83. The number of aliphatic imine (C=N–C) groups is 1. The second-order valence-corrected chi connectivity index (χ2v) is 3.02. The fourth-order valence-corrected chi connectivity index (χ4v) is 0.494. The van der Waals surface area contributed by atoms with Gasteiger partial charge in [-0.2, -0.15) is 0 Å². The van der Waals surface area contributed by atoms with Crippen LogP contribution >= 0.6 is 0 Å². The number of hydrogen-bond acceptors (Lipinski definition) is 1. The summed E-state index contributed by atoms with van der Waals surface area (Å²) in [7, 11) is 0. The molecule has 0 aliphatic carbocycles. The summed E-state index contributed by atoms with van der Waals surface area (Å²) < 4.78 is 0. The van der Waals surface area contributed by atoms with Gasteiger partial charge in [-0.3, -0.25) is 4.99 Å². The van der Waals surface area contributed by atoms with Crippen LogP contribution in [0.1, 0.15) is 27.7 Å². The van der Waals surface area contributed by atoms with Crippen LogP contribution in [0.3, 0.4) is 0 Å². The van der Waals surface area contributed by atoms with Crippen molar-refractivity contribution < 1.29 is 21.1 Å². The van der Waals surface area contributed by atoms with Gasteiger partial charge in [0.15, 0.2) is 0 Å². The van der Waals surface area contributed by atoms with E-state index in [0.717, 1.165) is 0 Å². The molecule has 0 heterocycles. The molecule has 12 heavy (non-hydrogen) atoms. The molecule has 72 valence electrons. The van der Waals surface area contributed by atoms with E-state index in [2.05, 4.69) is 38.8 Å². The molecule has 1 nitrogen and oxygen atoms in total. The molecule has 0 fully saturated rings. The summed E-state index contributed by atoms with van der Waals surface area (Å²) in [6, 6.07) is 0.414. The zero-order valence-corrected chi connectivity index (χ0v) is 11.7. The van der Waals surface area contributed by atoms with Gasteiger partial charge in [-0.15, -0.1) is 0 Å². The molecule has 0 aromatic heterocycles. The van der Waals surface area contributed by atoms with Crippen molar-refractivity contribution in [3.8, 4) is 0 Å². The maximum atomic E-state index is 4.18. The van der Waals surface area contributed by atoms with Gasteiger partial charge in [0.1, 0.15) is 0 Å². The van der Waals surface area contributed by atoms with Crippen molar-refractivity contribution >= 4 is 6.21 Å². The number of allylic oxidation sites excluding steroid dienone is 2. The Labute approximate surface area is 91.6 Å². The third kappa shape index (κ3) is 16.6. The molecule has 0 spiro atoms. The number of rotatable bonds is 3. The van der Waals surface area contributed by atoms with Crippen molar-refractivity contribution in [2.24, 2.45) is 10.9 Å². The maximum absolute atomic E-state index is 4.18. The Morgan fingerprint density at radius 3 is 1.92 bits per heavy atom. The number of hydrogen-bond donors (Lipinski definition) is 0. The molecule has 0 saturated carbocycles. The monoisotopic (exact) mass is 338 g/mol. The molecule has 0 radical (unpaired) electrons.